The number of carbonyl (C=O) groups excluding carboxylic acids is 1. The Labute approximate surface area is 147 Å². The summed E-state index contributed by atoms with van der Waals surface area (Å²) in [4.78, 5) is 17.0. The molecule has 0 saturated carbocycles. The molecule has 5 heteroatoms. The first-order chi connectivity index (χ1) is 12.0. The number of aryl methyl sites for hydroxylation is 1. The van der Waals surface area contributed by atoms with Crippen molar-refractivity contribution >= 4 is 5.91 Å². The van der Waals surface area contributed by atoms with E-state index in [1.165, 1.54) is 0 Å². The van der Waals surface area contributed by atoms with E-state index in [9.17, 15) is 4.79 Å². The quantitative estimate of drug-likeness (QED) is 0.760. The summed E-state index contributed by atoms with van der Waals surface area (Å²) in [7, 11) is 0. The van der Waals surface area contributed by atoms with Crippen molar-refractivity contribution in [1.29, 1.82) is 0 Å². The maximum atomic E-state index is 12.5. The fourth-order valence-electron chi connectivity index (χ4n) is 2.51. The van der Waals surface area contributed by atoms with Crippen LogP contribution < -0.4 is 5.32 Å². The van der Waals surface area contributed by atoms with Crippen molar-refractivity contribution in [2.24, 2.45) is 5.92 Å². The van der Waals surface area contributed by atoms with Crippen molar-refractivity contribution in [3.05, 3.63) is 71.6 Å². The minimum atomic E-state index is -0.348. The number of nitrogens with zero attached hydrogens (tertiary/aromatic N) is 2. The van der Waals surface area contributed by atoms with Crippen LogP contribution in [0, 0.1) is 12.8 Å². The summed E-state index contributed by atoms with van der Waals surface area (Å²) in [5, 5.41) is 7.04. The summed E-state index contributed by atoms with van der Waals surface area (Å²) in [5.74, 6) is 0.886. The van der Waals surface area contributed by atoms with Gasteiger partial charge in [-0.2, -0.15) is 4.98 Å². The average molecular weight is 335 g/mol. The van der Waals surface area contributed by atoms with Gasteiger partial charge in [-0.1, -0.05) is 67.0 Å². The third-order valence-electron chi connectivity index (χ3n) is 4.01. The van der Waals surface area contributed by atoms with Crippen LogP contribution in [0.5, 0.6) is 0 Å². The highest BCUT2D eigenvalue weighted by Gasteiger charge is 2.25. The first-order valence-electron chi connectivity index (χ1n) is 8.31. The third-order valence-corrected chi connectivity index (χ3v) is 4.01. The molecule has 5 nitrogen and oxygen atoms in total. The molecule has 1 N–H and O–H groups in total. The highest BCUT2D eigenvalue weighted by atomic mass is 16.5. The Balaban J connectivity index is 1.81. The number of hydrogen-bond acceptors (Lipinski definition) is 4. The van der Waals surface area contributed by atoms with Gasteiger partial charge in [0.15, 0.2) is 0 Å². The lowest BCUT2D eigenvalue weighted by Gasteiger charge is -2.18. The predicted octanol–water partition coefficient (Wildman–Crippen LogP) is 4.17. The number of benzene rings is 2. The lowest BCUT2D eigenvalue weighted by molar-refractivity contribution is 0.0914. The largest absolute Gasteiger partial charge is 0.340 e. The monoisotopic (exact) mass is 335 g/mol. The molecule has 0 aliphatic rings. The minimum Gasteiger partial charge on any atom is -0.340 e. The van der Waals surface area contributed by atoms with Crippen LogP contribution in [0.3, 0.4) is 0 Å². The lowest BCUT2D eigenvalue weighted by Crippen LogP contribution is -2.32. The van der Waals surface area contributed by atoms with Crippen LogP contribution in [-0.4, -0.2) is 16.0 Å². The van der Waals surface area contributed by atoms with Crippen molar-refractivity contribution in [3.63, 3.8) is 0 Å². The highest BCUT2D eigenvalue weighted by Crippen LogP contribution is 2.24. The standard InChI is InChI=1S/C20H21N3O2/c1-13(2)17(21-19(24)16-11-9-14(3)10-12-16)20-22-18(23-25-20)15-7-5-4-6-8-15/h4-13,17H,1-3H3,(H,21,24)/t17-/m1/s1. The second-order valence-corrected chi connectivity index (χ2v) is 6.38. The molecule has 1 heterocycles. The molecule has 0 fully saturated rings. The Bertz CT molecular complexity index is 839. The van der Waals surface area contributed by atoms with E-state index in [1.54, 1.807) is 0 Å². The van der Waals surface area contributed by atoms with Crippen LogP contribution in [0.2, 0.25) is 0 Å². The van der Waals surface area contributed by atoms with Gasteiger partial charge in [-0.15, -0.1) is 0 Å². The number of amides is 1. The fraction of sp³-hybridized carbons (Fsp3) is 0.250. The van der Waals surface area contributed by atoms with E-state index in [0.29, 0.717) is 17.3 Å². The van der Waals surface area contributed by atoms with E-state index < -0.39 is 0 Å². The Morgan fingerprint density at radius 2 is 1.72 bits per heavy atom. The van der Waals surface area contributed by atoms with Crippen molar-refractivity contribution in [1.82, 2.24) is 15.5 Å². The zero-order valence-corrected chi connectivity index (χ0v) is 14.6. The summed E-state index contributed by atoms with van der Waals surface area (Å²) in [6.45, 7) is 6.00. The van der Waals surface area contributed by atoms with Crippen LogP contribution >= 0.6 is 0 Å². The van der Waals surface area contributed by atoms with Gasteiger partial charge < -0.3 is 9.84 Å². The summed E-state index contributed by atoms with van der Waals surface area (Å²) in [6.07, 6.45) is 0. The maximum Gasteiger partial charge on any atom is 0.251 e. The van der Waals surface area contributed by atoms with Gasteiger partial charge in [-0.05, 0) is 25.0 Å². The molecule has 1 aromatic heterocycles. The SMILES string of the molecule is Cc1ccc(C(=O)N[C@@H](c2nc(-c3ccccc3)no2)C(C)C)cc1. The van der Waals surface area contributed by atoms with Crippen molar-refractivity contribution < 1.29 is 9.32 Å². The zero-order valence-electron chi connectivity index (χ0n) is 14.6. The second kappa shape index (κ2) is 7.30. The molecule has 0 spiro atoms. The molecule has 3 aromatic rings. The molecule has 3 rings (SSSR count). The smallest absolute Gasteiger partial charge is 0.251 e. The summed E-state index contributed by atoms with van der Waals surface area (Å²) >= 11 is 0. The van der Waals surface area contributed by atoms with Crippen LogP contribution in [-0.2, 0) is 0 Å². The van der Waals surface area contributed by atoms with Crippen LogP contribution in [0.4, 0.5) is 0 Å². The maximum absolute atomic E-state index is 12.5. The molecular formula is C20H21N3O2. The summed E-state index contributed by atoms with van der Waals surface area (Å²) in [5.41, 5.74) is 2.60. The van der Waals surface area contributed by atoms with Gasteiger partial charge in [-0.25, -0.2) is 0 Å². The Kier molecular flexibility index (Phi) is 4.93. The van der Waals surface area contributed by atoms with Gasteiger partial charge in [0.2, 0.25) is 11.7 Å². The lowest BCUT2D eigenvalue weighted by atomic mass is 10.0. The number of nitrogens with one attached hydrogen (secondary N) is 1. The minimum absolute atomic E-state index is 0.110. The number of carbonyl (C=O) groups is 1. The summed E-state index contributed by atoms with van der Waals surface area (Å²) in [6, 6.07) is 16.7. The van der Waals surface area contributed by atoms with Crippen molar-refractivity contribution in [2.45, 2.75) is 26.8 Å². The highest BCUT2D eigenvalue weighted by molar-refractivity contribution is 5.94. The molecule has 128 valence electrons. The van der Waals surface area contributed by atoms with E-state index in [0.717, 1.165) is 11.1 Å². The van der Waals surface area contributed by atoms with E-state index in [-0.39, 0.29) is 17.9 Å². The van der Waals surface area contributed by atoms with Crippen molar-refractivity contribution in [2.75, 3.05) is 0 Å². The molecule has 25 heavy (non-hydrogen) atoms. The van der Waals surface area contributed by atoms with E-state index >= 15 is 0 Å². The molecule has 0 radical (unpaired) electrons. The Morgan fingerprint density at radius 1 is 1.04 bits per heavy atom. The van der Waals surface area contributed by atoms with E-state index in [4.69, 9.17) is 4.52 Å². The van der Waals surface area contributed by atoms with Gasteiger partial charge in [0.25, 0.3) is 5.91 Å². The van der Waals surface area contributed by atoms with Gasteiger partial charge in [-0.3, -0.25) is 4.79 Å². The molecule has 0 saturated heterocycles. The number of aromatic nitrogens is 2. The number of rotatable bonds is 5. The van der Waals surface area contributed by atoms with Crippen LogP contribution in [0.15, 0.2) is 59.1 Å². The third kappa shape index (κ3) is 3.94. The van der Waals surface area contributed by atoms with Crippen molar-refractivity contribution in [3.8, 4) is 11.4 Å². The normalized spacial score (nSPS) is 12.2. The van der Waals surface area contributed by atoms with Crippen LogP contribution in [0.1, 0.15) is 41.7 Å². The molecular weight excluding hydrogens is 314 g/mol. The van der Waals surface area contributed by atoms with E-state index in [1.807, 2.05) is 75.4 Å². The van der Waals surface area contributed by atoms with Gasteiger partial charge in [0, 0.05) is 11.1 Å². The first-order valence-corrected chi connectivity index (χ1v) is 8.31. The molecule has 0 aliphatic heterocycles. The molecule has 0 bridgehead atoms. The molecule has 0 aliphatic carbocycles. The van der Waals surface area contributed by atoms with Gasteiger partial charge >= 0.3 is 0 Å². The van der Waals surface area contributed by atoms with Crippen LogP contribution in [0.25, 0.3) is 11.4 Å². The average Bonchev–Trinajstić information content (AvgIpc) is 3.10. The molecule has 1 amide bonds. The first kappa shape index (κ1) is 16.9. The fourth-order valence-corrected chi connectivity index (χ4v) is 2.51. The molecule has 2 aromatic carbocycles. The van der Waals surface area contributed by atoms with Gasteiger partial charge in [0.05, 0.1) is 0 Å². The van der Waals surface area contributed by atoms with Gasteiger partial charge in [0.1, 0.15) is 6.04 Å². The summed E-state index contributed by atoms with van der Waals surface area (Å²) < 4.78 is 5.42. The topological polar surface area (TPSA) is 68.0 Å². The Morgan fingerprint density at radius 3 is 2.36 bits per heavy atom. The Hall–Kier alpha value is -2.95. The zero-order chi connectivity index (χ0) is 17.8. The number of hydrogen-bond donors (Lipinski definition) is 1. The predicted molar refractivity (Wildman–Crippen MR) is 96.0 cm³/mol. The molecule has 0 unspecified atom stereocenters. The van der Waals surface area contributed by atoms with E-state index in [2.05, 4.69) is 15.5 Å². The second-order valence-electron chi connectivity index (χ2n) is 6.38. The molecule has 1 atom stereocenters.